The van der Waals surface area contributed by atoms with Crippen LogP contribution < -0.4 is 0 Å². The summed E-state index contributed by atoms with van der Waals surface area (Å²) in [4.78, 5) is 28.2. The van der Waals surface area contributed by atoms with Crippen molar-refractivity contribution in [3.63, 3.8) is 0 Å². The normalized spacial score (nSPS) is 16.6. The van der Waals surface area contributed by atoms with Crippen LogP contribution in [0.5, 0.6) is 0 Å². The average Bonchev–Trinajstić information content (AvgIpc) is 3.16. The van der Waals surface area contributed by atoms with Gasteiger partial charge in [0, 0.05) is 26.1 Å². The molecule has 7 heteroatoms. The molecule has 0 unspecified atom stereocenters. The number of amides is 1. The van der Waals surface area contributed by atoms with E-state index < -0.39 is 18.1 Å². The predicted molar refractivity (Wildman–Crippen MR) is 125 cm³/mol. The molecule has 1 fully saturated rings. The topological polar surface area (TPSA) is 79.3 Å². The maximum absolute atomic E-state index is 12.8. The van der Waals surface area contributed by atoms with Gasteiger partial charge in [0.15, 0.2) is 0 Å². The summed E-state index contributed by atoms with van der Waals surface area (Å²) in [5, 5.41) is 9.70. The Kier molecular flexibility index (Phi) is 7.62. The number of hydrogen-bond donors (Lipinski definition) is 1. The third kappa shape index (κ3) is 5.37. The standard InChI is InChI=1S/C26H32N2O5/c1-27(24(25(29)30)12-6-7-13-28-14-16-32-17-15-28)26(31)33-18-23-21-10-4-2-8-19(21)20-9-3-5-11-22(20)23/h2-5,8-11,23-24H,6-7,12-18H2,1H3,(H,29,30)/t24-/m0/s1. The first-order valence-electron chi connectivity index (χ1n) is 11.7. The van der Waals surface area contributed by atoms with E-state index >= 15 is 0 Å². The number of morpholine rings is 1. The van der Waals surface area contributed by atoms with Crippen LogP contribution in [0.25, 0.3) is 11.1 Å². The van der Waals surface area contributed by atoms with Gasteiger partial charge in [0.2, 0.25) is 0 Å². The summed E-state index contributed by atoms with van der Waals surface area (Å²) in [6.07, 6.45) is 1.43. The number of ether oxygens (including phenoxy) is 2. The lowest BCUT2D eigenvalue weighted by molar-refractivity contribution is -0.142. The number of aliphatic carboxylic acids is 1. The molecule has 0 saturated carbocycles. The SMILES string of the molecule is CN(C(=O)OCC1c2ccccc2-c2ccccc21)[C@@H](CCCCN1CCOCC1)C(=O)O. The minimum absolute atomic E-state index is 0.0495. The Labute approximate surface area is 194 Å². The highest BCUT2D eigenvalue weighted by molar-refractivity contribution is 5.81. The number of carbonyl (C=O) groups is 2. The molecule has 2 aromatic rings. The number of likely N-dealkylation sites (N-methyl/N-ethyl adjacent to an activating group) is 1. The van der Waals surface area contributed by atoms with Gasteiger partial charge in [0.05, 0.1) is 13.2 Å². The van der Waals surface area contributed by atoms with Crippen LogP contribution in [0, 0.1) is 0 Å². The second-order valence-corrected chi connectivity index (χ2v) is 8.72. The van der Waals surface area contributed by atoms with E-state index in [1.54, 1.807) is 0 Å². The second kappa shape index (κ2) is 10.8. The number of fused-ring (bicyclic) bond motifs is 3. The molecular weight excluding hydrogens is 420 g/mol. The highest BCUT2D eigenvalue weighted by atomic mass is 16.6. The number of carbonyl (C=O) groups excluding carboxylic acids is 1. The average molecular weight is 453 g/mol. The van der Waals surface area contributed by atoms with Gasteiger partial charge in [-0.25, -0.2) is 9.59 Å². The number of carboxylic acids is 1. The van der Waals surface area contributed by atoms with E-state index in [2.05, 4.69) is 29.2 Å². The summed E-state index contributed by atoms with van der Waals surface area (Å²) in [5.41, 5.74) is 4.58. The lowest BCUT2D eigenvalue weighted by Crippen LogP contribution is -2.43. The van der Waals surface area contributed by atoms with Crippen LogP contribution in [-0.2, 0) is 14.3 Å². The number of hydrogen-bond acceptors (Lipinski definition) is 5. The Balaban J connectivity index is 1.32. The fraction of sp³-hybridized carbons (Fsp3) is 0.462. The molecule has 176 valence electrons. The monoisotopic (exact) mass is 452 g/mol. The third-order valence-electron chi connectivity index (χ3n) is 6.68. The molecule has 1 amide bonds. The van der Waals surface area contributed by atoms with E-state index in [0.717, 1.165) is 67.9 Å². The molecule has 0 bridgehead atoms. The van der Waals surface area contributed by atoms with Crippen molar-refractivity contribution in [3.8, 4) is 11.1 Å². The Morgan fingerprint density at radius 1 is 1.06 bits per heavy atom. The Bertz CT molecular complexity index is 927. The first-order chi connectivity index (χ1) is 16.1. The van der Waals surface area contributed by atoms with Crippen molar-refractivity contribution in [1.82, 2.24) is 9.80 Å². The van der Waals surface area contributed by atoms with Crippen molar-refractivity contribution in [2.75, 3.05) is 46.5 Å². The summed E-state index contributed by atoms with van der Waals surface area (Å²) in [7, 11) is 1.51. The third-order valence-corrected chi connectivity index (χ3v) is 6.68. The maximum atomic E-state index is 12.8. The Morgan fingerprint density at radius 2 is 1.67 bits per heavy atom. The minimum atomic E-state index is -1.00. The second-order valence-electron chi connectivity index (χ2n) is 8.72. The van der Waals surface area contributed by atoms with Gasteiger partial charge < -0.3 is 14.6 Å². The van der Waals surface area contributed by atoms with Crippen LogP contribution >= 0.6 is 0 Å². The molecule has 0 aromatic heterocycles. The Morgan fingerprint density at radius 3 is 2.27 bits per heavy atom. The Hall–Kier alpha value is -2.90. The highest BCUT2D eigenvalue weighted by Crippen LogP contribution is 2.44. The van der Waals surface area contributed by atoms with Crippen molar-refractivity contribution < 1.29 is 24.2 Å². The highest BCUT2D eigenvalue weighted by Gasteiger charge is 2.31. The molecule has 33 heavy (non-hydrogen) atoms. The first-order valence-corrected chi connectivity index (χ1v) is 11.7. The number of rotatable bonds is 9. The van der Waals surface area contributed by atoms with Crippen LogP contribution in [0.4, 0.5) is 4.79 Å². The van der Waals surface area contributed by atoms with E-state index in [4.69, 9.17) is 9.47 Å². The smallest absolute Gasteiger partial charge is 0.410 e. The summed E-state index contributed by atoms with van der Waals surface area (Å²) in [5.74, 6) is -1.05. The fourth-order valence-corrected chi connectivity index (χ4v) is 4.80. The lowest BCUT2D eigenvalue weighted by atomic mass is 9.98. The molecule has 7 nitrogen and oxygen atoms in total. The molecule has 0 radical (unpaired) electrons. The lowest BCUT2D eigenvalue weighted by Gasteiger charge is -2.27. The molecule has 1 heterocycles. The van der Waals surface area contributed by atoms with Gasteiger partial charge in [-0.3, -0.25) is 9.80 Å². The maximum Gasteiger partial charge on any atom is 0.410 e. The molecule has 1 aliphatic carbocycles. The van der Waals surface area contributed by atoms with Crippen LogP contribution in [0.3, 0.4) is 0 Å². The van der Waals surface area contributed by atoms with Crippen molar-refractivity contribution >= 4 is 12.1 Å². The fourth-order valence-electron chi connectivity index (χ4n) is 4.80. The van der Waals surface area contributed by atoms with Gasteiger partial charge in [0.1, 0.15) is 12.6 Å². The molecule has 1 N–H and O–H groups in total. The number of carboxylic acid groups (broad SMARTS) is 1. The van der Waals surface area contributed by atoms with E-state index in [9.17, 15) is 14.7 Å². The van der Waals surface area contributed by atoms with E-state index in [1.807, 2.05) is 24.3 Å². The summed E-state index contributed by atoms with van der Waals surface area (Å²) in [6.45, 7) is 4.44. The van der Waals surface area contributed by atoms with Crippen LogP contribution in [-0.4, -0.2) is 79.5 Å². The number of nitrogens with zero attached hydrogens (tertiary/aromatic N) is 2. The molecule has 0 spiro atoms. The van der Waals surface area contributed by atoms with Crippen LogP contribution in [0.2, 0.25) is 0 Å². The van der Waals surface area contributed by atoms with Gasteiger partial charge >= 0.3 is 12.1 Å². The zero-order chi connectivity index (χ0) is 23.2. The van der Waals surface area contributed by atoms with Gasteiger partial charge in [-0.1, -0.05) is 48.5 Å². The van der Waals surface area contributed by atoms with E-state index in [-0.39, 0.29) is 12.5 Å². The summed E-state index contributed by atoms with van der Waals surface area (Å²) in [6, 6.07) is 15.4. The quantitative estimate of drug-likeness (QED) is 0.583. The molecule has 4 rings (SSSR count). The van der Waals surface area contributed by atoms with Crippen LogP contribution in [0.1, 0.15) is 36.3 Å². The van der Waals surface area contributed by atoms with Crippen LogP contribution in [0.15, 0.2) is 48.5 Å². The minimum Gasteiger partial charge on any atom is -0.480 e. The first kappa shape index (κ1) is 23.3. The predicted octanol–water partition coefficient (Wildman–Crippen LogP) is 3.82. The van der Waals surface area contributed by atoms with Crippen molar-refractivity contribution in [1.29, 1.82) is 0 Å². The molecule has 2 aliphatic rings. The molecule has 1 atom stereocenters. The zero-order valence-electron chi connectivity index (χ0n) is 19.1. The number of benzene rings is 2. The van der Waals surface area contributed by atoms with E-state index in [1.165, 1.54) is 11.9 Å². The van der Waals surface area contributed by atoms with Crippen molar-refractivity contribution in [2.24, 2.45) is 0 Å². The van der Waals surface area contributed by atoms with Gasteiger partial charge in [-0.05, 0) is 48.1 Å². The molecule has 1 aliphatic heterocycles. The zero-order valence-corrected chi connectivity index (χ0v) is 19.1. The van der Waals surface area contributed by atoms with Gasteiger partial charge in [-0.15, -0.1) is 0 Å². The largest absolute Gasteiger partial charge is 0.480 e. The molecule has 1 saturated heterocycles. The molecular formula is C26H32N2O5. The van der Waals surface area contributed by atoms with E-state index in [0.29, 0.717) is 6.42 Å². The van der Waals surface area contributed by atoms with Gasteiger partial charge in [0.25, 0.3) is 0 Å². The van der Waals surface area contributed by atoms with Gasteiger partial charge in [-0.2, -0.15) is 0 Å². The van der Waals surface area contributed by atoms with Crippen molar-refractivity contribution in [3.05, 3.63) is 59.7 Å². The molecule has 2 aromatic carbocycles. The summed E-state index contributed by atoms with van der Waals surface area (Å²) >= 11 is 0. The summed E-state index contributed by atoms with van der Waals surface area (Å²) < 4.78 is 11.0. The number of unbranched alkanes of at least 4 members (excludes halogenated alkanes) is 1. The van der Waals surface area contributed by atoms with Crippen molar-refractivity contribution in [2.45, 2.75) is 31.2 Å².